The Hall–Kier alpha value is -1.84. The molecule has 0 saturated carbocycles. The largest absolute Gasteiger partial charge is 0.508 e. The molecular formula is C9H9N3O. The van der Waals surface area contributed by atoms with E-state index in [4.69, 9.17) is 0 Å². The van der Waals surface area contributed by atoms with Gasteiger partial charge in [-0.3, -0.25) is 4.57 Å². The molecule has 0 radical (unpaired) electrons. The van der Waals surface area contributed by atoms with Crippen molar-refractivity contribution < 1.29 is 5.11 Å². The summed E-state index contributed by atoms with van der Waals surface area (Å²) in [5.41, 5.74) is 1.71. The van der Waals surface area contributed by atoms with Gasteiger partial charge in [0.05, 0.1) is 5.69 Å². The topological polar surface area (TPSA) is 50.9 Å². The molecule has 0 spiro atoms. The monoisotopic (exact) mass is 175 g/mol. The standard InChI is InChI=1S/C9H9N3O/c1-7-2-3-8(4-9(7)13)12-5-10-11-6-12/h2-6,13H,1H3. The molecule has 1 heterocycles. The fraction of sp³-hybridized carbons (Fsp3) is 0.111. The number of benzene rings is 1. The third-order valence-corrected chi connectivity index (χ3v) is 1.91. The lowest BCUT2D eigenvalue weighted by molar-refractivity contribution is 0.471. The molecule has 0 amide bonds. The van der Waals surface area contributed by atoms with Gasteiger partial charge in [-0.05, 0) is 18.6 Å². The fourth-order valence-electron chi connectivity index (χ4n) is 1.09. The molecule has 0 fully saturated rings. The first-order valence-corrected chi connectivity index (χ1v) is 3.92. The maximum Gasteiger partial charge on any atom is 0.123 e. The lowest BCUT2D eigenvalue weighted by Crippen LogP contribution is -1.89. The minimum absolute atomic E-state index is 0.284. The number of rotatable bonds is 1. The van der Waals surface area contributed by atoms with E-state index in [1.54, 1.807) is 23.3 Å². The van der Waals surface area contributed by atoms with Crippen LogP contribution in [-0.4, -0.2) is 19.9 Å². The summed E-state index contributed by atoms with van der Waals surface area (Å²) in [5.74, 6) is 0.284. The molecule has 1 aromatic carbocycles. The van der Waals surface area contributed by atoms with Gasteiger partial charge in [0.2, 0.25) is 0 Å². The van der Waals surface area contributed by atoms with Gasteiger partial charge in [0.25, 0.3) is 0 Å². The molecule has 1 aromatic heterocycles. The summed E-state index contributed by atoms with van der Waals surface area (Å²) in [4.78, 5) is 0. The van der Waals surface area contributed by atoms with Gasteiger partial charge in [-0.25, -0.2) is 0 Å². The zero-order chi connectivity index (χ0) is 9.26. The highest BCUT2D eigenvalue weighted by Gasteiger charge is 1.99. The van der Waals surface area contributed by atoms with E-state index >= 15 is 0 Å². The lowest BCUT2D eigenvalue weighted by Gasteiger charge is -2.03. The first-order chi connectivity index (χ1) is 6.27. The van der Waals surface area contributed by atoms with Crippen LogP contribution in [0.15, 0.2) is 30.9 Å². The van der Waals surface area contributed by atoms with Gasteiger partial charge in [-0.15, -0.1) is 10.2 Å². The molecule has 0 saturated heterocycles. The zero-order valence-electron chi connectivity index (χ0n) is 7.18. The molecule has 2 aromatic rings. The van der Waals surface area contributed by atoms with Gasteiger partial charge in [0.15, 0.2) is 0 Å². The summed E-state index contributed by atoms with van der Waals surface area (Å²) < 4.78 is 1.74. The molecule has 0 aliphatic rings. The molecular weight excluding hydrogens is 166 g/mol. The highest BCUT2D eigenvalue weighted by molar-refractivity contribution is 5.42. The number of aromatic nitrogens is 3. The maximum atomic E-state index is 9.44. The molecule has 0 aliphatic heterocycles. The lowest BCUT2D eigenvalue weighted by atomic mass is 10.2. The van der Waals surface area contributed by atoms with Crippen LogP contribution < -0.4 is 0 Å². The average Bonchev–Trinajstić information content (AvgIpc) is 2.62. The summed E-state index contributed by atoms with van der Waals surface area (Å²) >= 11 is 0. The van der Waals surface area contributed by atoms with Crippen molar-refractivity contribution in [3.05, 3.63) is 36.4 Å². The fourth-order valence-corrected chi connectivity index (χ4v) is 1.09. The second-order valence-electron chi connectivity index (χ2n) is 2.84. The third-order valence-electron chi connectivity index (χ3n) is 1.91. The van der Waals surface area contributed by atoms with Gasteiger partial charge in [0.1, 0.15) is 18.4 Å². The van der Waals surface area contributed by atoms with Gasteiger partial charge in [0, 0.05) is 6.07 Å². The van der Waals surface area contributed by atoms with Gasteiger partial charge in [-0.1, -0.05) is 6.07 Å². The van der Waals surface area contributed by atoms with E-state index in [0.29, 0.717) is 0 Å². The number of phenolic OH excluding ortho intramolecular Hbond substituents is 1. The molecule has 0 bridgehead atoms. The van der Waals surface area contributed by atoms with Gasteiger partial charge in [-0.2, -0.15) is 0 Å². The summed E-state index contributed by atoms with van der Waals surface area (Å²) in [6.45, 7) is 1.85. The van der Waals surface area contributed by atoms with Crippen LogP contribution in [0.5, 0.6) is 5.75 Å². The van der Waals surface area contributed by atoms with Crippen molar-refractivity contribution in [1.29, 1.82) is 0 Å². The molecule has 13 heavy (non-hydrogen) atoms. The van der Waals surface area contributed by atoms with Crippen LogP contribution in [0.1, 0.15) is 5.56 Å². The van der Waals surface area contributed by atoms with Crippen LogP contribution in [-0.2, 0) is 0 Å². The van der Waals surface area contributed by atoms with Crippen LogP contribution >= 0.6 is 0 Å². The molecule has 4 heteroatoms. The Balaban J connectivity index is 2.49. The first-order valence-electron chi connectivity index (χ1n) is 3.92. The van der Waals surface area contributed by atoms with Crippen LogP contribution in [0.25, 0.3) is 5.69 Å². The van der Waals surface area contributed by atoms with Crippen LogP contribution in [0.3, 0.4) is 0 Å². The molecule has 0 unspecified atom stereocenters. The predicted octanol–water partition coefficient (Wildman–Crippen LogP) is 1.28. The second-order valence-corrected chi connectivity index (χ2v) is 2.84. The smallest absolute Gasteiger partial charge is 0.123 e. The predicted molar refractivity (Wildman–Crippen MR) is 47.8 cm³/mol. The number of aromatic hydroxyl groups is 1. The molecule has 4 nitrogen and oxygen atoms in total. The van der Waals surface area contributed by atoms with E-state index in [9.17, 15) is 5.11 Å². The van der Waals surface area contributed by atoms with E-state index in [1.807, 2.05) is 19.1 Å². The van der Waals surface area contributed by atoms with Crippen molar-refractivity contribution in [2.45, 2.75) is 6.92 Å². The summed E-state index contributed by atoms with van der Waals surface area (Å²) in [6, 6.07) is 5.43. The molecule has 0 aliphatic carbocycles. The quantitative estimate of drug-likeness (QED) is 0.710. The minimum atomic E-state index is 0.284. The number of phenols is 1. The van der Waals surface area contributed by atoms with Crippen molar-refractivity contribution in [3.8, 4) is 11.4 Å². The Bertz CT molecular complexity index is 409. The van der Waals surface area contributed by atoms with Gasteiger partial charge >= 0.3 is 0 Å². The Morgan fingerprint density at radius 2 is 1.92 bits per heavy atom. The van der Waals surface area contributed by atoms with E-state index in [0.717, 1.165) is 11.3 Å². The van der Waals surface area contributed by atoms with Gasteiger partial charge < -0.3 is 5.11 Å². The second kappa shape index (κ2) is 2.90. The molecule has 2 rings (SSSR count). The van der Waals surface area contributed by atoms with E-state index in [1.165, 1.54) is 0 Å². The first kappa shape index (κ1) is 7.79. The molecule has 0 atom stereocenters. The van der Waals surface area contributed by atoms with Crippen molar-refractivity contribution >= 4 is 0 Å². The van der Waals surface area contributed by atoms with Crippen molar-refractivity contribution in [2.24, 2.45) is 0 Å². The van der Waals surface area contributed by atoms with Crippen molar-refractivity contribution in [1.82, 2.24) is 14.8 Å². The van der Waals surface area contributed by atoms with E-state index in [-0.39, 0.29) is 5.75 Å². The number of nitrogens with zero attached hydrogens (tertiary/aromatic N) is 3. The van der Waals surface area contributed by atoms with Crippen LogP contribution in [0.4, 0.5) is 0 Å². The Morgan fingerprint density at radius 3 is 2.54 bits per heavy atom. The number of aryl methyl sites for hydroxylation is 1. The van der Waals surface area contributed by atoms with Crippen molar-refractivity contribution in [2.75, 3.05) is 0 Å². The van der Waals surface area contributed by atoms with Crippen LogP contribution in [0, 0.1) is 6.92 Å². The molecule has 1 N–H and O–H groups in total. The average molecular weight is 175 g/mol. The Labute approximate surface area is 75.5 Å². The normalized spacial score (nSPS) is 10.2. The highest BCUT2D eigenvalue weighted by atomic mass is 16.3. The summed E-state index contributed by atoms with van der Waals surface area (Å²) in [5, 5.41) is 16.8. The SMILES string of the molecule is Cc1ccc(-n2cnnc2)cc1O. The van der Waals surface area contributed by atoms with E-state index in [2.05, 4.69) is 10.2 Å². The van der Waals surface area contributed by atoms with Crippen LogP contribution in [0.2, 0.25) is 0 Å². The Morgan fingerprint density at radius 1 is 1.23 bits per heavy atom. The summed E-state index contributed by atoms with van der Waals surface area (Å²) in [7, 11) is 0. The third kappa shape index (κ3) is 1.38. The highest BCUT2D eigenvalue weighted by Crippen LogP contribution is 2.19. The minimum Gasteiger partial charge on any atom is -0.508 e. The maximum absolute atomic E-state index is 9.44. The zero-order valence-corrected chi connectivity index (χ0v) is 7.18. The summed E-state index contributed by atoms with van der Waals surface area (Å²) in [6.07, 6.45) is 3.17. The molecule has 66 valence electrons. The van der Waals surface area contributed by atoms with Crippen molar-refractivity contribution in [3.63, 3.8) is 0 Å². The number of hydrogen-bond acceptors (Lipinski definition) is 3. The van der Waals surface area contributed by atoms with E-state index < -0.39 is 0 Å². The Kier molecular flexibility index (Phi) is 1.73. The number of hydrogen-bond donors (Lipinski definition) is 1.